The summed E-state index contributed by atoms with van der Waals surface area (Å²) in [5.74, 6) is -0.494. The summed E-state index contributed by atoms with van der Waals surface area (Å²) in [7, 11) is 0. The molecule has 0 saturated carbocycles. The third-order valence-corrected chi connectivity index (χ3v) is 4.68. The Kier molecular flexibility index (Phi) is 7.65. The lowest BCUT2D eigenvalue weighted by molar-refractivity contribution is -0.118. The van der Waals surface area contributed by atoms with E-state index in [1.165, 1.54) is 6.21 Å². The molecule has 6 nitrogen and oxygen atoms in total. The van der Waals surface area contributed by atoms with Crippen LogP contribution in [0.15, 0.2) is 71.8 Å². The first kappa shape index (κ1) is 22.3. The fraction of sp³-hybridized carbons (Fsp3) is 0.0870. The maximum Gasteiger partial charge on any atom is 0.271 e. The molecule has 3 aromatic carbocycles. The van der Waals surface area contributed by atoms with Crippen molar-refractivity contribution in [3.8, 4) is 5.75 Å². The van der Waals surface area contributed by atoms with E-state index in [9.17, 15) is 9.59 Å². The zero-order chi connectivity index (χ0) is 22.2. The quantitative estimate of drug-likeness (QED) is 0.384. The fourth-order valence-electron chi connectivity index (χ4n) is 2.58. The lowest BCUT2D eigenvalue weighted by Gasteiger charge is -2.11. The number of rotatable bonds is 7. The number of anilines is 1. The minimum Gasteiger partial charge on any atom is -0.481 e. The smallest absolute Gasteiger partial charge is 0.271 e. The van der Waals surface area contributed by atoms with Crippen molar-refractivity contribution in [1.82, 2.24) is 5.43 Å². The molecule has 0 fully saturated rings. The third-order valence-electron chi connectivity index (χ3n) is 4.12. The van der Waals surface area contributed by atoms with Gasteiger partial charge in [-0.15, -0.1) is 0 Å². The summed E-state index contributed by atoms with van der Waals surface area (Å²) in [4.78, 5) is 24.1. The van der Waals surface area contributed by atoms with Crippen LogP contribution in [-0.2, 0) is 4.79 Å². The number of hydrogen-bond donors (Lipinski definition) is 2. The van der Waals surface area contributed by atoms with Gasteiger partial charge in [-0.2, -0.15) is 5.10 Å². The molecule has 158 valence electrons. The van der Waals surface area contributed by atoms with Crippen molar-refractivity contribution in [3.63, 3.8) is 0 Å². The van der Waals surface area contributed by atoms with Crippen LogP contribution in [0.3, 0.4) is 0 Å². The van der Waals surface area contributed by atoms with Crippen LogP contribution in [0.5, 0.6) is 5.75 Å². The lowest BCUT2D eigenvalue weighted by atomic mass is 10.2. The summed E-state index contributed by atoms with van der Waals surface area (Å²) in [5, 5.41) is 7.07. The lowest BCUT2D eigenvalue weighted by Crippen LogP contribution is -2.20. The molecule has 2 amide bonds. The van der Waals surface area contributed by atoms with Crippen molar-refractivity contribution in [2.45, 2.75) is 6.92 Å². The molecule has 0 spiro atoms. The van der Waals surface area contributed by atoms with E-state index in [-0.39, 0.29) is 34.2 Å². The second-order valence-corrected chi connectivity index (χ2v) is 7.40. The van der Waals surface area contributed by atoms with Gasteiger partial charge in [0, 0.05) is 11.3 Å². The molecule has 8 heteroatoms. The normalized spacial score (nSPS) is 10.7. The van der Waals surface area contributed by atoms with Crippen molar-refractivity contribution in [3.05, 3.63) is 93.5 Å². The largest absolute Gasteiger partial charge is 0.481 e. The Hall–Kier alpha value is -3.35. The second-order valence-electron chi connectivity index (χ2n) is 6.58. The van der Waals surface area contributed by atoms with Gasteiger partial charge < -0.3 is 10.1 Å². The fourth-order valence-corrected chi connectivity index (χ4v) is 3.20. The van der Waals surface area contributed by atoms with E-state index in [0.29, 0.717) is 16.8 Å². The molecule has 0 atom stereocenters. The molecular formula is C23H19Cl2N3O3. The number of benzene rings is 3. The molecular weight excluding hydrogens is 437 g/mol. The van der Waals surface area contributed by atoms with Crippen molar-refractivity contribution in [2.24, 2.45) is 5.10 Å². The van der Waals surface area contributed by atoms with E-state index in [1.807, 2.05) is 25.1 Å². The molecule has 0 aliphatic rings. The molecule has 0 radical (unpaired) electrons. The highest BCUT2D eigenvalue weighted by atomic mass is 35.5. The molecule has 0 aromatic heterocycles. The van der Waals surface area contributed by atoms with Gasteiger partial charge in [0.15, 0.2) is 12.4 Å². The SMILES string of the molecule is Cc1ccc(NC(=O)COc2c(Cl)cc(/C=N/NC(=O)c3ccccc3)cc2Cl)cc1. The van der Waals surface area contributed by atoms with Crippen molar-refractivity contribution < 1.29 is 14.3 Å². The van der Waals surface area contributed by atoms with Crippen molar-refractivity contribution in [1.29, 1.82) is 0 Å². The first-order valence-electron chi connectivity index (χ1n) is 9.29. The molecule has 0 bridgehead atoms. The average molecular weight is 456 g/mol. The number of nitrogens with zero attached hydrogens (tertiary/aromatic N) is 1. The molecule has 3 aromatic rings. The molecule has 0 aliphatic heterocycles. The minimum absolute atomic E-state index is 0.188. The minimum atomic E-state index is -0.342. The Morgan fingerprint density at radius 1 is 1.00 bits per heavy atom. The van der Waals surface area contributed by atoms with Crippen LogP contribution in [0.1, 0.15) is 21.5 Å². The maximum atomic E-state index is 12.1. The second kappa shape index (κ2) is 10.6. The number of halogens is 2. The van der Waals surface area contributed by atoms with Gasteiger partial charge in [0.05, 0.1) is 16.3 Å². The highest BCUT2D eigenvalue weighted by Crippen LogP contribution is 2.33. The highest BCUT2D eigenvalue weighted by molar-refractivity contribution is 6.37. The average Bonchev–Trinajstić information content (AvgIpc) is 2.75. The molecule has 0 heterocycles. The Labute approximate surface area is 189 Å². The van der Waals surface area contributed by atoms with E-state index in [2.05, 4.69) is 15.8 Å². The Morgan fingerprint density at radius 3 is 2.29 bits per heavy atom. The maximum absolute atomic E-state index is 12.1. The zero-order valence-electron chi connectivity index (χ0n) is 16.6. The number of amides is 2. The van der Waals surface area contributed by atoms with Crippen molar-refractivity contribution >= 4 is 46.9 Å². The van der Waals surface area contributed by atoms with E-state index in [4.69, 9.17) is 27.9 Å². The van der Waals surface area contributed by atoms with Gasteiger partial charge in [0.2, 0.25) is 0 Å². The number of carbonyl (C=O) groups excluding carboxylic acids is 2. The van der Waals surface area contributed by atoms with E-state index >= 15 is 0 Å². The van der Waals surface area contributed by atoms with Crippen LogP contribution >= 0.6 is 23.2 Å². The van der Waals surface area contributed by atoms with Gasteiger partial charge in [0.1, 0.15) is 0 Å². The predicted octanol–water partition coefficient (Wildman–Crippen LogP) is 5.08. The van der Waals surface area contributed by atoms with Gasteiger partial charge in [-0.1, -0.05) is 59.1 Å². The number of hydrazone groups is 1. The van der Waals surface area contributed by atoms with Crippen LogP contribution in [0.2, 0.25) is 10.0 Å². The molecule has 3 rings (SSSR count). The van der Waals surface area contributed by atoms with Gasteiger partial charge in [-0.05, 0) is 48.9 Å². The summed E-state index contributed by atoms with van der Waals surface area (Å²) >= 11 is 12.5. The van der Waals surface area contributed by atoms with Crippen LogP contribution in [0, 0.1) is 6.92 Å². The Morgan fingerprint density at radius 2 is 1.65 bits per heavy atom. The third kappa shape index (κ3) is 6.57. The van der Waals surface area contributed by atoms with Gasteiger partial charge >= 0.3 is 0 Å². The summed E-state index contributed by atoms with van der Waals surface area (Å²) in [6.07, 6.45) is 1.41. The Bertz CT molecular complexity index is 1080. The molecule has 0 aliphatic carbocycles. The van der Waals surface area contributed by atoms with Gasteiger partial charge in [0.25, 0.3) is 11.8 Å². The number of carbonyl (C=O) groups is 2. The zero-order valence-corrected chi connectivity index (χ0v) is 18.1. The first-order chi connectivity index (χ1) is 14.9. The van der Waals surface area contributed by atoms with Crippen LogP contribution in [0.4, 0.5) is 5.69 Å². The number of hydrogen-bond acceptors (Lipinski definition) is 4. The van der Waals surface area contributed by atoms with Crippen LogP contribution in [0.25, 0.3) is 0 Å². The summed E-state index contributed by atoms with van der Waals surface area (Å²) < 4.78 is 5.49. The topological polar surface area (TPSA) is 79.8 Å². The van der Waals surface area contributed by atoms with Crippen molar-refractivity contribution in [2.75, 3.05) is 11.9 Å². The predicted molar refractivity (Wildman–Crippen MR) is 123 cm³/mol. The Balaban J connectivity index is 1.57. The van der Waals surface area contributed by atoms with E-state index in [0.717, 1.165) is 5.56 Å². The molecule has 0 unspecified atom stereocenters. The highest BCUT2D eigenvalue weighted by Gasteiger charge is 2.12. The number of aryl methyl sites for hydroxylation is 1. The van der Waals surface area contributed by atoms with Gasteiger partial charge in [-0.3, -0.25) is 9.59 Å². The van der Waals surface area contributed by atoms with Crippen LogP contribution in [-0.4, -0.2) is 24.6 Å². The summed E-state index contributed by atoms with van der Waals surface area (Å²) in [5.41, 5.74) is 5.23. The molecule has 2 N–H and O–H groups in total. The molecule has 0 saturated heterocycles. The molecule has 31 heavy (non-hydrogen) atoms. The van der Waals surface area contributed by atoms with Gasteiger partial charge in [-0.25, -0.2) is 5.43 Å². The standard InChI is InChI=1S/C23H19Cl2N3O3/c1-15-7-9-18(10-8-15)27-21(29)14-31-22-19(24)11-16(12-20(22)25)13-26-28-23(30)17-5-3-2-4-6-17/h2-13H,14H2,1H3,(H,27,29)(H,28,30)/b26-13+. The van der Waals surface area contributed by atoms with Crippen LogP contribution < -0.4 is 15.5 Å². The summed E-state index contributed by atoms with van der Waals surface area (Å²) in [6, 6.07) is 19.2. The number of nitrogens with one attached hydrogen (secondary N) is 2. The van der Waals surface area contributed by atoms with E-state index in [1.54, 1.807) is 48.5 Å². The summed E-state index contributed by atoms with van der Waals surface area (Å²) in [6.45, 7) is 1.71. The monoisotopic (exact) mass is 455 g/mol. The first-order valence-corrected chi connectivity index (χ1v) is 10.0. The van der Waals surface area contributed by atoms with E-state index < -0.39 is 0 Å². The number of ether oxygens (including phenoxy) is 1.